The summed E-state index contributed by atoms with van der Waals surface area (Å²) in [6.45, 7) is 2.14. The summed E-state index contributed by atoms with van der Waals surface area (Å²) in [6.07, 6.45) is 3.26. The molecule has 6 nitrogen and oxygen atoms in total. The zero-order valence-electron chi connectivity index (χ0n) is 15.3. The summed E-state index contributed by atoms with van der Waals surface area (Å²) in [7, 11) is 1.52. The van der Waals surface area contributed by atoms with Crippen molar-refractivity contribution in [3.8, 4) is 16.9 Å². The number of aryl methyl sites for hydroxylation is 1. The zero-order valence-corrected chi connectivity index (χ0v) is 16.0. The van der Waals surface area contributed by atoms with Crippen LogP contribution in [-0.4, -0.2) is 26.7 Å². The van der Waals surface area contributed by atoms with Crippen molar-refractivity contribution in [2.75, 3.05) is 12.4 Å². The summed E-state index contributed by atoms with van der Waals surface area (Å²) in [5, 5.41) is 12.1. The third-order valence-electron chi connectivity index (χ3n) is 4.56. The van der Waals surface area contributed by atoms with Crippen molar-refractivity contribution in [2.45, 2.75) is 13.5 Å². The Morgan fingerprint density at radius 2 is 2.07 bits per heavy atom. The number of anilines is 1. The van der Waals surface area contributed by atoms with E-state index in [-0.39, 0.29) is 12.4 Å². The molecule has 3 aromatic heterocycles. The van der Waals surface area contributed by atoms with E-state index in [4.69, 9.17) is 16.3 Å². The van der Waals surface area contributed by atoms with Crippen LogP contribution in [0.4, 0.5) is 10.2 Å². The number of nitrogens with zero attached hydrogens (tertiary/aromatic N) is 4. The number of nitrogens with one attached hydrogen (secondary N) is 1. The molecule has 4 rings (SSSR count). The van der Waals surface area contributed by atoms with Gasteiger partial charge in [-0.15, -0.1) is 10.2 Å². The zero-order chi connectivity index (χ0) is 19.7. The normalized spacial score (nSPS) is 11.0. The van der Waals surface area contributed by atoms with Crippen molar-refractivity contribution < 1.29 is 9.13 Å². The number of fused-ring (bicyclic) bond motifs is 1. The molecular formula is C20H17ClFN5O. The van der Waals surface area contributed by atoms with Crippen LogP contribution in [0.1, 0.15) is 11.3 Å². The lowest BCUT2D eigenvalue weighted by atomic mass is 10.1. The molecule has 1 aromatic carbocycles. The van der Waals surface area contributed by atoms with Gasteiger partial charge < -0.3 is 10.1 Å². The van der Waals surface area contributed by atoms with Gasteiger partial charge in [0.15, 0.2) is 5.65 Å². The van der Waals surface area contributed by atoms with Crippen LogP contribution in [0.25, 0.3) is 16.8 Å². The molecule has 0 atom stereocenters. The number of benzene rings is 1. The van der Waals surface area contributed by atoms with E-state index in [0.717, 1.165) is 16.8 Å². The van der Waals surface area contributed by atoms with Crippen LogP contribution < -0.4 is 10.1 Å². The van der Waals surface area contributed by atoms with Gasteiger partial charge in [-0.25, -0.2) is 4.39 Å². The first-order valence-electron chi connectivity index (χ1n) is 8.59. The second-order valence-corrected chi connectivity index (χ2v) is 6.59. The summed E-state index contributed by atoms with van der Waals surface area (Å²) in [4.78, 5) is 4.32. The number of pyridine rings is 2. The van der Waals surface area contributed by atoms with Gasteiger partial charge in [0.05, 0.1) is 12.1 Å². The minimum atomic E-state index is -0.332. The van der Waals surface area contributed by atoms with E-state index in [1.54, 1.807) is 35.1 Å². The first kappa shape index (κ1) is 18.2. The average molecular weight is 398 g/mol. The van der Waals surface area contributed by atoms with Crippen molar-refractivity contribution in [1.29, 1.82) is 0 Å². The molecule has 0 aliphatic heterocycles. The van der Waals surface area contributed by atoms with Crippen molar-refractivity contribution >= 4 is 23.1 Å². The highest BCUT2D eigenvalue weighted by Crippen LogP contribution is 2.33. The lowest BCUT2D eigenvalue weighted by Gasteiger charge is -2.14. The van der Waals surface area contributed by atoms with Gasteiger partial charge in [-0.3, -0.25) is 9.38 Å². The highest BCUT2D eigenvalue weighted by molar-refractivity contribution is 6.33. The Balaban J connectivity index is 1.73. The molecule has 0 unspecified atom stereocenters. The predicted octanol–water partition coefficient (Wildman–Crippen LogP) is 4.51. The first-order chi connectivity index (χ1) is 13.6. The van der Waals surface area contributed by atoms with E-state index in [1.807, 2.05) is 19.1 Å². The molecule has 4 aromatic rings. The molecule has 0 aliphatic carbocycles. The van der Waals surface area contributed by atoms with Gasteiger partial charge in [0.25, 0.3) is 0 Å². The third-order valence-corrected chi connectivity index (χ3v) is 4.87. The highest BCUT2D eigenvalue weighted by Gasteiger charge is 2.16. The van der Waals surface area contributed by atoms with E-state index < -0.39 is 0 Å². The molecule has 0 aliphatic rings. The largest absolute Gasteiger partial charge is 0.496 e. The maximum absolute atomic E-state index is 14.2. The molecular weight excluding hydrogens is 381 g/mol. The minimum Gasteiger partial charge on any atom is -0.496 e. The van der Waals surface area contributed by atoms with Gasteiger partial charge in [0.2, 0.25) is 0 Å². The molecule has 8 heteroatoms. The van der Waals surface area contributed by atoms with E-state index in [2.05, 4.69) is 20.5 Å². The van der Waals surface area contributed by atoms with Crippen LogP contribution in [0, 0.1) is 12.7 Å². The summed E-state index contributed by atoms with van der Waals surface area (Å²) in [5.74, 6) is 0.870. The predicted molar refractivity (Wildman–Crippen MR) is 106 cm³/mol. The molecule has 0 saturated carbocycles. The van der Waals surface area contributed by atoms with E-state index in [0.29, 0.717) is 27.8 Å². The van der Waals surface area contributed by atoms with E-state index >= 15 is 0 Å². The highest BCUT2D eigenvalue weighted by atomic mass is 35.5. The van der Waals surface area contributed by atoms with Crippen LogP contribution in [-0.2, 0) is 6.54 Å². The van der Waals surface area contributed by atoms with Crippen LogP contribution in [0.2, 0.25) is 5.02 Å². The summed E-state index contributed by atoms with van der Waals surface area (Å²) >= 11 is 6.39. The Labute approximate surface area is 166 Å². The molecule has 0 spiro atoms. The minimum absolute atomic E-state index is 0.245. The lowest BCUT2D eigenvalue weighted by Crippen LogP contribution is -2.07. The summed E-state index contributed by atoms with van der Waals surface area (Å²) in [5.41, 5.74) is 3.51. The van der Waals surface area contributed by atoms with E-state index in [1.165, 1.54) is 13.2 Å². The number of halogens is 2. The molecule has 142 valence electrons. The first-order valence-corrected chi connectivity index (χ1v) is 8.97. The van der Waals surface area contributed by atoms with Crippen LogP contribution >= 0.6 is 11.6 Å². The van der Waals surface area contributed by atoms with Gasteiger partial charge in [0, 0.05) is 35.1 Å². The molecule has 3 heterocycles. The molecule has 0 fully saturated rings. The monoisotopic (exact) mass is 397 g/mol. The Kier molecular flexibility index (Phi) is 4.83. The number of ether oxygens (including phenoxy) is 1. The van der Waals surface area contributed by atoms with Crippen molar-refractivity contribution in [3.63, 3.8) is 0 Å². The lowest BCUT2D eigenvalue weighted by molar-refractivity contribution is 0.405. The quantitative estimate of drug-likeness (QED) is 0.536. The van der Waals surface area contributed by atoms with Gasteiger partial charge in [-0.2, -0.15) is 0 Å². The average Bonchev–Trinajstić information content (AvgIpc) is 3.18. The number of hydrogen-bond donors (Lipinski definition) is 1. The SMILES string of the molecule is COc1cccc(F)c1CNc1ccc(-c2c(Cl)ccnc2C)c2nncn12. The second-order valence-electron chi connectivity index (χ2n) is 6.18. The van der Waals surface area contributed by atoms with Gasteiger partial charge in [0.1, 0.15) is 23.7 Å². The topological polar surface area (TPSA) is 64.3 Å². The second kappa shape index (κ2) is 7.44. The van der Waals surface area contributed by atoms with Crippen molar-refractivity contribution in [3.05, 3.63) is 71.0 Å². The van der Waals surface area contributed by atoms with E-state index in [9.17, 15) is 4.39 Å². The maximum atomic E-state index is 14.2. The smallest absolute Gasteiger partial charge is 0.170 e. The Morgan fingerprint density at radius 3 is 2.86 bits per heavy atom. The molecule has 0 bridgehead atoms. The summed E-state index contributed by atoms with van der Waals surface area (Å²) in [6, 6.07) is 10.3. The maximum Gasteiger partial charge on any atom is 0.170 e. The van der Waals surface area contributed by atoms with Gasteiger partial charge in [-0.1, -0.05) is 17.7 Å². The van der Waals surface area contributed by atoms with Crippen molar-refractivity contribution in [2.24, 2.45) is 0 Å². The third kappa shape index (κ3) is 3.14. The number of rotatable bonds is 5. The standard InChI is InChI=1S/C20H17ClFN5O/c1-12-19(15(21)8-9-23-12)13-6-7-18(27-11-25-26-20(13)27)24-10-14-16(22)4-3-5-17(14)28-2/h3-9,11,24H,10H2,1-2H3. The Hall–Kier alpha value is -3.19. The number of hydrogen-bond acceptors (Lipinski definition) is 5. The molecule has 0 saturated heterocycles. The number of aromatic nitrogens is 4. The molecule has 1 N–H and O–H groups in total. The van der Waals surface area contributed by atoms with Gasteiger partial charge in [-0.05, 0) is 37.3 Å². The number of methoxy groups -OCH3 is 1. The fourth-order valence-corrected chi connectivity index (χ4v) is 3.49. The van der Waals surface area contributed by atoms with Crippen LogP contribution in [0.5, 0.6) is 5.75 Å². The Bertz CT molecular complexity index is 1140. The Morgan fingerprint density at radius 1 is 1.21 bits per heavy atom. The summed E-state index contributed by atoms with van der Waals surface area (Å²) < 4.78 is 21.2. The fourth-order valence-electron chi connectivity index (χ4n) is 3.19. The van der Waals surface area contributed by atoms with Crippen molar-refractivity contribution in [1.82, 2.24) is 19.6 Å². The molecule has 28 heavy (non-hydrogen) atoms. The van der Waals surface area contributed by atoms with Gasteiger partial charge >= 0.3 is 0 Å². The van der Waals surface area contributed by atoms with Crippen LogP contribution in [0.3, 0.4) is 0 Å². The molecule has 0 amide bonds. The molecule has 0 radical (unpaired) electrons. The fraction of sp³-hybridized carbons (Fsp3) is 0.150. The van der Waals surface area contributed by atoms with Crippen LogP contribution in [0.15, 0.2) is 48.9 Å².